The lowest BCUT2D eigenvalue weighted by Crippen LogP contribution is -2.50. The van der Waals surface area contributed by atoms with Gasteiger partial charge in [0.1, 0.15) is 17.1 Å². The van der Waals surface area contributed by atoms with E-state index in [1.807, 2.05) is 62.9 Å². The van der Waals surface area contributed by atoms with Crippen LogP contribution in [0.1, 0.15) is 60.8 Å². The smallest absolute Gasteiger partial charge is 0.410 e. The summed E-state index contributed by atoms with van der Waals surface area (Å²) >= 11 is 6.10. The molecule has 4 aromatic rings. The molecule has 9 nitrogen and oxygen atoms in total. The predicted octanol–water partition coefficient (Wildman–Crippen LogP) is 7.35. The number of H-pyrrole nitrogens is 1. The molecule has 0 unspecified atom stereocenters. The van der Waals surface area contributed by atoms with Crippen molar-refractivity contribution in [2.24, 2.45) is 0 Å². The number of halogens is 1. The Morgan fingerprint density at radius 1 is 0.935 bits per heavy atom. The van der Waals surface area contributed by atoms with E-state index in [2.05, 4.69) is 4.98 Å². The van der Waals surface area contributed by atoms with E-state index in [1.54, 1.807) is 42.3 Å². The van der Waals surface area contributed by atoms with Crippen LogP contribution in [0, 0.1) is 6.92 Å². The van der Waals surface area contributed by atoms with Crippen LogP contribution in [0.5, 0.6) is 11.5 Å². The van der Waals surface area contributed by atoms with Crippen LogP contribution in [0.25, 0.3) is 10.9 Å². The summed E-state index contributed by atoms with van der Waals surface area (Å²) in [5, 5.41) is 1.18. The molecule has 0 aliphatic carbocycles. The van der Waals surface area contributed by atoms with Crippen molar-refractivity contribution < 1.29 is 28.6 Å². The molecule has 2 heterocycles. The molecule has 3 aromatic carbocycles. The zero-order valence-corrected chi connectivity index (χ0v) is 27.9. The average Bonchev–Trinajstić information content (AvgIpc) is 3.34. The molecule has 1 aliphatic heterocycles. The van der Waals surface area contributed by atoms with Crippen LogP contribution in [0.2, 0.25) is 5.02 Å². The second-order valence-corrected chi connectivity index (χ2v) is 12.9. The molecule has 5 rings (SSSR count). The maximum atomic E-state index is 14.5. The van der Waals surface area contributed by atoms with E-state index >= 15 is 0 Å². The highest BCUT2D eigenvalue weighted by atomic mass is 35.5. The molecule has 1 aromatic heterocycles. The third-order valence-electron chi connectivity index (χ3n) is 8.23. The SMILES string of the molecule is COc1ccc(N(C(=O)Cc2c(C)[nH]c3ccc(OC)c(C(=O)c4ccc(Cl)cc4)c23)C2CCN(C(=O)OC(C)(C)C)CC2)cc1. The van der Waals surface area contributed by atoms with E-state index in [-0.39, 0.29) is 30.2 Å². The van der Waals surface area contributed by atoms with Crippen LogP contribution in [0.3, 0.4) is 0 Å². The number of hydrogen-bond donors (Lipinski definition) is 1. The van der Waals surface area contributed by atoms with E-state index in [1.165, 1.54) is 7.11 Å². The first kappa shape index (κ1) is 32.9. The van der Waals surface area contributed by atoms with Gasteiger partial charge in [-0.1, -0.05) is 11.6 Å². The van der Waals surface area contributed by atoms with E-state index in [0.29, 0.717) is 59.0 Å². The first-order valence-electron chi connectivity index (χ1n) is 15.3. The normalized spacial score (nSPS) is 13.8. The molecule has 0 radical (unpaired) electrons. The number of rotatable bonds is 8. The van der Waals surface area contributed by atoms with Gasteiger partial charge in [0.25, 0.3) is 0 Å². The summed E-state index contributed by atoms with van der Waals surface area (Å²) < 4.78 is 16.6. The first-order chi connectivity index (χ1) is 21.9. The molecule has 1 saturated heterocycles. The molecule has 242 valence electrons. The Bertz CT molecular complexity index is 1730. The number of methoxy groups -OCH3 is 2. The van der Waals surface area contributed by atoms with Gasteiger partial charge in [-0.3, -0.25) is 9.59 Å². The van der Waals surface area contributed by atoms with Crippen LogP contribution >= 0.6 is 11.6 Å². The number of nitrogens with zero attached hydrogens (tertiary/aromatic N) is 2. The van der Waals surface area contributed by atoms with Crippen LogP contribution in [-0.2, 0) is 16.0 Å². The molecule has 0 bridgehead atoms. The van der Waals surface area contributed by atoms with Gasteiger partial charge in [0.15, 0.2) is 5.78 Å². The molecule has 10 heteroatoms. The quantitative estimate of drug-likeness (QED) is 0.201. The number of aryl methyl sites for hydroxylation is 1. The Balaban J connectivity index is 1.50. The number of ether oxygens (including phenoxy) is 3. The molecule has 0 atom stereocenters. The summed E-state index contributed by atoms with van der Waals surface area (Å²) in [5.74, 6) is 0.744. The van der Waals surface area contributed by atoms with E-state index < -0.39 is 5.60 Å². The fourth-order valence-electron chi connectivity index (χ4n) is 6.00. The molecule has 0 spiro atoms. The first-order valence-corrected chi connectivity index (χ1v) is 15.7. The van der Waals surface area contributed by atoms with Gasteiger partial charge in [0, 0.05) is 52.0 Å². The third kappa shape index (κ3) is 6.99. The van der Waals surface area contributed by atoms with Crippen molar-refractivity contribution in [3.63, 3.8) is 0 Å². The lowest BCUT2D eigenvalue weighted by atomic mass is 9.94. The standard InChI is InChI=1S/C36H40ClN3O6/c1-22-28(32-29(38-22)15-16-30(45-6)33(32)34(42)23-7-9-24(37)10-8-23)21-31(41)40(25-11-13-27(44-5)14-12-25)26-17-19-39(20-18-26)35(43)46-36(2,3)4/h7-16,26,38H,17-21H2,1-6H3. The Hall–Kier alpha value is -4.50. The minimum Gasteiger partial charge on any atom is -0.497 e. The van der Waals surface area contributed by atoms with Crippen LogP contribution in [0.15, 0.2) is 60.7 Å². The molecule has 2 amide bonds. The van der Waals surface area contributed by atoms with Crippen LogP contribution < -0.4 is 14.4 Å². The van der Waals surface area contributed by atoms with Gasteiger partial charge >= 0.3 is 6.09 Å². The summed E-state index contributed by atoms with van der Waals surface area (Å²) in [6, 6.07) is 17.6. The number of fused-ring (bicyclic) bond motifs is 1. The lowest BCUT2D eigenvalue weighted by Gasteiger charge is -2.39. The topological polar surface area (TPSA) is 101 Å². The highest BCUT2D eigenvalue weighted by molar-refractivity contribution is 6.30. The number of carbonyl (C=O) groups excluding carboxylic acids is 3. The Kier molecular flexibility index (Phi) is 9.63. The van der Waals surface area contributed by atoms with Crippen molar-refractivity contribution in [1.82, 2.24) is 9.88 Å². The number of piperidine rings is 1. The van der Waals surface area contributed by atoms with Gasteiger partial charge in [0.2, 0.25) is 5.91 Å². The van der Waals surface area contributed by atoms with Gasteiger partial charge in [-0.25, -0.2) is 4.79 Å². The summed E-state index contributed by atoms with van der Waals surface area (Å²) in [4.78, 5) is 48.1. The van der Waals surface area contributed by atoms with E-state index in [0.717, 1.165) is 22.5 Å². The molecule has 1 aliphatic rings. The highest BCUT2D eigenvalue weighted by Gasteiger charge is 2.33. The summed E-state index contributed by atoms with van der Waals surface area (Å²) in [6.07, 6.45) is 0.850. The van der Waals surface area contributed by atoms with Crippen molar-refractivity contribution in [3.05, 3.63) is 88.1 Å². The third-order valence-corrected chi connectivity index (χ3v) is 8.48. The Morgan fingerprint density at radius 3 is 2.17 bits per heavy atom. The number of aromatic amines is 1. The number of nitrogens with one attached hydrogen (secondary N) is 1. The van der Waals surface area contributed by atoms with Crippen molar-refractivity contribution >= 4 is 46.0 Å². The second-order valence-electron chi connectivity index (χ2n) is 12.5. The lowest BCUT2D eigenvalue weighted by molar-refractivity contribution is -0.118. The average molecular weight is 646 g/mol. The Morgan fingerprint density at radius 2 is 1.59 bits per heavy atom. The minimum atomic E-state index is -0.591. The summed E-state index contributed by atoms with van der Waals surface area (Å²) in [7, 11) is 3.13. The number of benzene rings is 3. The zero-order valence-electron chi connectivity index (χ0n) is 27.1. The van der Waals surface area contributed by atoms with E-state index in [9.17, 15) is 14.4 Å². The number of carbonyl (C=O) groups is 3. The van der Waals surface area contributed by atoms with E-state index in [4.69, 9.17) is 25.8 Å². The van der Waals surface area contributed by atoms with Crippen molar-refractivity contribution in [2.45, 2.75) is 58.6 Å². The van der Waals surface area contributed by atoms with Gasteiger partial charge in [-0.05, 0) is 107 Å². The van der Waals surface area contributed by atoms with Crippen LogP contribution in [-0.4, -0.2) is 66.6 Å². The number of anilines is 1. The largest absolute Gasteiger partial charge is 0.497 e. The number of ketones is 1. The number of likely N-dealkylation sites (tertiary alicyclic amines) is 1. The monoisotopic (exact) mass is 645 g/mol. The Labute approximate surface area is 274 Å². The van der Waals surface area contributed by atoms with Gasteiger partial charge in [-0.2, -0.15) is 0 Å². The van der Waals surface area contributed by atoms with Crippen LogP contribution in [0.4, 0.5) is 10.5 Å². The summed E-state index contributed by atoms with van der Waals surface area (Å²) in [6.45, 7) is 8.36. The van der Waals surface area contributed by atoms with Gasteiger partial charge < -0.3 is 29.0 Å². The van der Waals surface area contributed by atoms with Gasteiger partial charge in [0.05, 0.1) is 26.2 Å². The van der Waals surface area contributed by atoms with Crippen molar-refractivity contribution in [2.75, 3.05) is 32.2 Å². The molecular weight excluding hydrogens is 606 g/mol. The number of hydrogen-bond acceptors (Lipinski definition) is 6. The molecule has 1 fully saturated rings. The number of aromatic nitrogens is 1. The molecular formula is C36H40ClN3O6. The van der Waals surface area contributed by atoms with Gasteiger partial charge in [-0.15, -0.1) is 0 Å². The number of amides is 2. The predicted molar refractivity (Wildman–Crippen MR) is 179 cm³/mol. The molecule has 1 N–H and O–H groups in total. The molecule has 0 saturated carbocycles. The zero-order chi connectivity index (χ0) is 33.2. The fraction of sp³-hybridized carbons (Fsp3) is 0.361. The fourth-order valence-corrected chi connectivity index (χ4v) is 6.12. The maximum Gasteiger partial charge on any atom is 0.410 e. The van der Waals surface area contributed by atoms with Crippen molar-refractivity contribution in [3.8, 4) is 11.5 Å². The highest BCUT2D eigenvalue weighted by Crippen LogP contribution is 2.36. The summed E-state index contributed by atoms with van der Waals surface area (Å²) in [5.41, 5.74) is 3.23. The van der Waals surface area contributed by atoms with Crippen molar-refractivity contribution in [1.29, 1.82) is 0 Å². The molecule has 46 heavy (non-hydrogen) atoms. The second kappa shape index (κ2) is 13.5. The minimum absolute atomic E-state index is 0.0399. The maximum absolute atomic E-state index is 14.5.